The summed E-state index contributed by atoms with van der Waals surface area (Å²) in [6, 6.07) is 7.18. The van der Waals surface area contributed by atoms with Crippen LogP contribution < -0.4 is 14.2 Å². The van der Waals surface area contributed by atoms with Gasteiger partial charge in [-0.25, -0.2) is 13.1 Å². The van der Waals surface area contributed by atoms with Crippen molar-refractivity contribution in [2.24, 2.45) is 0 Å². The van der Waals surface area contributed by atoms with Gasteiger partial charge in [0.25, 0.3) is 0 Å². The molecule has 1 N–H and O–H groups in total. The third kappa shape index (κ3) is 3.40. The second kappa shape index (κ2) is 5.98. The van der Waals surface area contributed by atoms with Crippen LogP contribution in [0.4, 0.5) is 0 Å². The van der Waals surface area contributed by atoms with Crippen LogP contribution in [0.25, 0.3) is 0 Å². The Kier molecular flexibility index (Phi) is 4.04. The summed E-state index contributed by atoms with van der Waals surface area (Å²) < 4.78 is 42.8. The van der Waals surface area contributed by atoms with Crippen molar-refractivity contribution < 1.29 is 22.4 Å². The fraction of sp³-hybridized carbons (Fsp3) is 0.357. The maximum atomic E-state index is 12.1. The van der Waals surface area contributed by atoms with E-state index < -0.39 is 16.1 Å². The average molecular weight is 324 g/mol. The van der Waals surface area contributed by atoms with Crippen LogP contribution in [0.3, 0.4) is 0 Å². The van der Waals surface area contributed by atoms with Crippen molar-refractivity contribution in [1.82, 2.24) is 9.88 Å². The number of fused-ring (bicyclic) bond motifs is 1. The number of nitrogens with zero attached hydrogens (tertiary/aromatic N) is 1. The van der Waals surface area contributed by atoms with Gasteiger partial charge in [0, 0.05) is 12.1 Å². The molecule has 118 valence electrons. The van der Waals surface area contributed by atoms with Crippen LogP contribution in [0.1, 0.15) is 11.3 Å². The molecule has 1 aliphatic rings. The maximum absolute atomic E-state index is 12.1. The zero-order valence-electron chi connectivity index (χ0n) is 12.0. The van der Waals surface area contributed by atoms with Crippen LogP contribution in [-0.2, 0) is 16.6 Å². The van der Waals surface area contributed by atoms with Gasteiger partial charge in [-0.3, -0.25) is 0 Å². The highest BCUT2D eigenvalue weighted by atomic mass is 32.2. The minimum Gasteiger partial charge on any atom is -0.486 e. The number of ether oxygens (including phenoxy) is 2. The van der Waals surface area contributed by atoms with E-state index in [1.807, 2.05) is 12.1 Å². The second-order valence-corrected chi connectivity index (χ2v) is 6.86. The molecule has 1 unspecified atom stereocenters. The first-order chi connectivity index (χ1) is 10.5. The van der Waals surface area contributed by atoms with E-state index in [2.05, 4.69) is 9.88 Å². The highest BCUT2D eigenvalue weighted by Gasteiger charge is 2.26. The fourth-order valence-electron chi connectivity index (χ4n) is 2.13. The Balaban J connectivity index is 1.59. The Morgan fingerprint density at radius 2 is 2.09 bits per heavy atom. The van der Waals surface area contributed by atoms with Crippen molar-refractivity contribution in [1.29, 1.82) is 0 Å². The molecule has 0 aliphatic carbocycles. The lowest BCUT2D eigenvalue weighted by atomic mass is 10.3. The van der Waals surface area contributed by atoms with Gasteiger partial charge in [0.2, 0.25) is 10.0 Å². The molecular formula is C14H16N2O5S. The summed E-state index contributed by atoms with van der Waals surface area (Å²) in [6.07, 6.45) is 0.949. The molecule has 7 nitrogen and oxygen atoms in total. The molecule has 1 aromatic heterocycles. The minimum atomic E-state index is -3.50. The van der Waals surface area contributed by atoms with Gasteiger partial charge in [0.05, 0.1) is 6.20 Å². The Morgan fingerprint density at radius 1 is 1.32 bits per heavy atom. The van der Waals surface area contributed by atoms with Crippen LogP contribution in [0.15, 0.2) is 35.0 Å². The number of aromatic nitrogens is 1. The van der Waals surface area contributed by atoms with Gasteiger partial charge in [0.1, 0.15) is 24.2 Å². The molecule has 3 rings (SSSR count). The predicted molar refractivity (Wildman–Crippen MR) is 78.2 cm³/mol. The molecule has 0 spiro atoms. The van der Waals surface area contributed by atoms with E-state index in [0.29, 0.717) is 22.8 Å². The summed E-state index contributed by atoms with van der Waals surface area (Å²) in [5.41, 5.74) is 0.703. The molecule has 0 fully saturated rings. The monoisotopic (exact) mass is 324 g/mol. The lowest BCUT2D eigenvalue weighted by molar-refractivity contribution is 0.106. The van der Waals surface area contributed by atoms with Crippen LogP contribution >= 0.6 is 0 Å². The van der Waals surface area contributed by atoms with E-state index in [-0.39, 0.29) is 18.9 Å². The van der Waals surface area contributed by atoms with Gasteiger partial charge in [-0.05, 0) is 19.1 Å². The first-order valence-corrected chi connectivity index (χ1v) is 8.45. The van der Waals surface area contributed by atoms with Crippen LogP contribution in [0, 0.1) is 6.92 Å². The topological polar surface area (TPSA) is 90.7 Å². The molecule has 1 aliphatic heterocycles. The molecule has 1 aromatic carbocycles. The summed E-state index contributed by atoms with van der Waals surface area (Å²) in [6.45, 7) is 2.07. The molecule has 0 saturated carbocycles. The smallest absolute Gasteiger partial charge is 0.215 e. The van der Waals surface area contributed by atoms with Gasteiger partial charge >= 0.3 is 0 Å². The number of rotatable bonds is 5. The highest BCUT2D eigenvalue weighted by molar-refractivity contribution is 7.89. The zero-order valence-corrected chi connectivity index (χ0v) is 12.8. The summed E-state index contributed by atoms with van der Waals surface area (Å²) in [7, 11) is -3.50. The molecular weight excluding hydrogens is 308 g/mol. The molecule has 0 radical (unpaired) electrons. The third-order valence-corrected chi connectivity index (χ3v) is 4.70. The lowest BCUT2D eigenvalue weighted by Gasteiger charge is -2.26. The predicted octanol–water partition coefficient (Wildman–Crippen LogP) is 1.24. The molecule has 8 heteroatoms. The van der Waals surface area contributed by atoms with Crippen molar-refractivity contribution >= 4 is 10.0 Å². The summed E-state index contributed by atoms with van der Waals surface area (Å²) in [5.74, 6) is 1.60. The van der Waals surface area contributed by atoms with Crippen molar-refractivity contribution in [2.45, 2.75) is 19.6 Å². The second-order valence-electron chi connectivity index (χ2n) is 5.01. The fourth-order valence-corrected chi connectivity index (χ4v) is 3.27. The number of hydrogen-bond donors (Lipinski definition) is 1. The number of benzene rings is 1. The molecule has 1 atom stereocenters. The summed E-state index contributed by atoms with van der Waals surface area (Å²) >= 11 is 0. The summed E-state index contributed by atoms with van der Waals surface area (Å²) in [5, 5.41) is 3.61. The Morgan fingerprint density at radius 3 is 2.82 bits per heavy atom. The minimum absolute atomic E-state index is 0.141. The van der Waals surface area contributed by atoms with Crippen molar-refractivity contribution in [3.8, 4) is 11.5 Å². The normalized spacial score (nSPS) is 17.4. The van der Waals surface area contributed by atoms with Crippen molar-refractivity contribution in [2.75, 3.05) is 12.4 Å². The van der Waals surface area contributed by atoms with Crippen molar-refractivity contribution in [3.05, 3.63) is 41.8 Å². The van der Waals surface area contributed by atoms with E-state index in [1.54, 1.807) is 19.1 Å². The number of aryl methyl sites for hydroxylation is 1. The van der Waals surface area contributed by atoms with E-state index >= 15 is 0 Å². The van der Waals surface area contributed by atoms with Gasteiger partial charge in [-0.1, -0.05) is 17.3 Å². The number of hydrogen-bond acceptors (Lipinski definition) is 6. The summed E-state index contributed by atoms with van der Waals surface area (Å²) in [4.78, 5) is 0. The van der Waals surface area contributed by atoms with E-state index in [9.17, 15) is 8.42 Å². The number of para-hydroxylation sites is 2. The standard InChI is InChI=1S/C14H16N2O5S/c1-10-11(6-15-21-10)7-16-22(17,18)9-12-8-19-13-4-2-3-5-14(13)20-12/h2-6,12,16H,7-9H2,1H3. The number of nitrogens with one attached hydrogen (secondary N) is 1. The zero-order chi connectivity index (χ0) is 15.6. The first kappa shape index (κ1) is 14.9. The molecule has 0 amide bonds. The quantitative estimate of drug-likeness (QED) is 0.890. The first-order valence-electron chi connectivity index (χ1n) is 6.79. The molecule has 0 saturated heterocycles. The lowest BCUT2D eigenvalue weighted by Crippen LogP contribution is -2.39. The third-order valence-electron chi connectivity index (χ3n) is 3.31. The molecule has 2 heterocycles. The van der Waals surface area contributed by atoms with Crippen LogP contribution in [0.5, 0.6) is 11.5 Å². The van der Waals surface area contributed by atoms with Gasteiger partial charge in [-0.2, -0.15) is 0 Å². The highest BCUT2D eigenvalue weighted by Crippen LogP contribution is 2.31. The maximum Gasteiger partial charge on any atom is 0.215 e. The van der Waals surface area contributed by atoms with E-state index in [1.165, 1.54) is 6.20 Å². The van der Waals surface area contributed by atoms with E-state index in [0.717, 1.165) is 0 Å². The van der Waals surface area contributed by atoms with Crippen LogP contribution in [0.2, 0.25) is 0 Å². The molecule has 2 aromatic rings. The Bertz CT molecular complexity index is 756. The van der Waals surface area contributed by atoms with Gasteiger partial charge in [0.15, 0.2) is 11.5 Å². The largest absolute Gasteiger partial charge is 0.486 e. The molecule has 0 bridgehead atoms. The SMILES string of the molecule is Cc1oncc1CNS(=O)(=O)CC1COc2ccccc2O1. The average Bonchev–Trinajstić information content (AvgIpc) is 2.90. The Hall–Kier alpha value is -2.06. The Labute approximate surface area is 128 Å². The van der Waals surface area contributed by atoms with Gasteiger partial charge in [-0.15, -0.1) is 0 Å². The van der Waals surface area contributed by atoms with Crippen LogP contribution in [-0.4, -0.2) is 32.0 Å². The van der Waals surface area contributed by atoms with E-state index in [4.69, 9.17) is 14.0 Å². The van der Waals surface area contributed by atoms with Gasteiger partial charge < -0.3 is 14.0 Å². The van der Waals surface area contributed by atoms with Crippen molar-refractivity contribution in [3.63, 3.8) is 0 Å². The molecule has 22 heavy (non-hydrogen) atoms. The number of sulfonamides is 1.